The van der Waals surface area contributed by atoms with Crippen LogP contribution in [0.5, 0.6) is 0 Å². The Kier molecular flexibility index (Phi) is 9.53. The van der Waals surface area contributed by atoms with Crippen molar-refractivity contribution in [2.45, 2.75) is 70.3 Å². The van der Waals surface area contributed by atoms with E-state index in [0.717, 1.165) is 33.6 Å². The summed E-state index contributed by atoms with van der Waals surface area (Å²) in [5, 5.41) is 16.4. The van der Waals surface area contributed by atoms with Gasteiger partial charge >= 0.3 is 6.03 Å². The Hall–Kier alpha value is -3.36. The van der Waals surface area contributed by atoms with E-state index < -0.39 is 6.04 Å². The highest BCUT2D eigenvalue weighted by molar-refractivity contribution is 7.98. The molecule has 0 aliphatic carbocycles. The average molecular weight is 580 g/mol. The predicted molar refractivity (Wildman–Crippen MR) is 162 cm³/mol. The molecule has 40 heavy (non-hydrogen) atoms. The zero-order valence-corrected chi connectivity index (χ0v) is 25.2. The smallest absolute Gasteiger partial charge is 0.319 e. The van der Waals surface area contributed by atoms with Gasteiger partial charge in [-0.3, -0.25) is 4.57 Å². The molecule has 0 saturated carbocycles. The predicted octanol–water partition coefficient (Wildman–Crippen LogP) is 8.79. The van der Waals surface area contributed by atoms with Gasteiger partial charge in [0.2, 0.25) is 0 Å². The lowest BCUT2D eigenvalue weighted by atomic mass is 9.93. The van der Waals surface area contributed by atoms with E-state index in [9.17, 15) is 9.18 Å². The molecule has 1 atom stereocenters. The first kappa shape index (κ1) is 29.6. The van der Waals surface area contributed by atoms with Crippen molar-refractivity contribution in [3.05, 3.63) is 99.6 Å². The highest BCUT2D eigenvalue weighted by atomic mass is 35.5. The van der Waals surface area contributed by atoms with Gasteiger partial charge in [0.15, 0.2) is 11.0 Å². The number of rotatable bonds is 9. The van der Waals surface area contributed by atoms with Crippen LogP contribution in [0.2, 0.25) is 5.02 Å². The first-order valence-electron chi connectivity index (χ1n) is 13.3. The second-order valence-electron chi connectivity index (χ2n) is 10.5. The Labute approximate surface area is 244 Å². The number of urea groups is 1. The molecule has 0 aliphatic heterocycles. The molecule has 1 unspecified atom stereocenters. The van der Waals surface area contributed by atoms with E-state index in [1.807, 2.05) is 42.7 Å². The number of hydrogen-bond acceptors (Lipinski definition) is 4. The number of hydrogen-bond donors (Lipinski definition) is 2. The van der Waals surface area contributed by atoms with E-state index in [0.29, 0.717) is 21.8 Å². The number of amides is 2. The van der Waals surface area contributed by atoms with Crippen LogP contribution in [-0.4, -0.2) is 20.8 Å². The monoisotopic (exact) mass is 579 g/mol. The van der Waals surface area contributed by atoms with Crippen LogP contribution in [0.3, 0.4) is 0 Å². The summed E-state index contributed by atoms with van der Waals surface area (Å²) in [5.74, 6) is 1.37. The molecule has 4 aromatic rings. The Morgan fingerprint density at radius 1 is 0.975 bits per heavy atom. The van der Waals surface area contributed by atoms with Gasteiger partial charge < -0.3 is 10.6 Å². The number of anilines is 1. The molecule has 1 aromatic heterocycles. The van der Waals surface area contributed by atoms with Crippen molar-refractivity contribution in [2.24, 2.45) is 0 Å². The zero-order valence-electron chi connectivity index (χ0n) is 23.6. The SMILES string of the molecule is Cc1ccc(Cl)cc1-n1c(SCc2ccc(F)cc2)nnc1C(C)NC(=O)Nc1c(C(C)C)cccc1C(C)C. The van der Waals surface area contributed by atoms with Crippen LogP contribution in [0.4, 0.5) is 14.9 Å². The van der Waals surface area contributed by atoms with Gasteiger partial charge in [-0.05, 0) is 72.2 Å². The van der Waals surface area contributed by atoms with Crippen LogP contribution in [-0.2, 0) is 5.75 Å². The minimum atomic E-state index is -0.472. The number of carbonyl (C=O) groups excluding carboxylic acids is 1. The van der Waals surface area contributed by atoms with E-state index in [4.69, 9.17) is 11.6 Å². The quantitative estimate of drug-likeness (QED) is 0.194. The van der Waals surface area contributed by atoms with E-state index in [1.54, 1.807) is 12.1 Å². The molecule has 0 aliphatic rings. The van der Waals surface area contributed by atoms with E-state index in [1.165, 1.54) is 23.9 Å². The summed E-state index contributed by atoms with van der Waals surface area (Å²) in [7, 11) is 0. The fourth-order valence-electron chi connectivity index (χ4n) is 4.54. The average Bonchev–Trinajstić information content (AvgIpc) is 3.33. The van der Waals surface area contributed by atoms with E-state index in [2.05, 4.69) is 60.7 Å². The second kappa shape index (κ2) is 12.9. The lowest BCUT2D eigenvalue weighted by Gasteiger charge is -2.22. The highest BCUT2D eigenvalue weighted by Crippen LogP contribution is 2.33. The third kappa shape index (κ3) is 6.85. The Balaban J connectivity index is 1.63. The van der Waals surface area contributed by atoms with Gasteiger partial charge in [-0.25, -0.2) is 9.18 Å². The number of halogens is 2. The Bertz CT molecular complexity index is 1460. The molecule has 2 N–H and O–H groups in total. The van der Waals surface area contributed by atoms with E-state index in [-0.39, 0.29) is 23.7 Å². The maximum absolute atomic E-state index is 13.4. The first-order chi connectivity index (χ1) is 19.0. The third-order valence-corrected chi connectivity index (χ3v) is 7.93. The van der Waals surface area contributed by atoms with Crippen LogP contribution in [0.1, 0.15) is 80.6 Å². The fourth-order valence-corrected chi connectivity index (χ4v) is 5.61. The standard InChI is InChI=1S/C31H35ClFN5OS/c1-18(2)25-8-7-9-26(19(3)4)28(25)35-30(39)34-21(6)29-36-37-31(40-17-22-11-14-24(33)15-12-22)38(29)27-16-23(32)13-10-20(27)5/h7-16,18-19,21H,17H2,1-6H3,(H2,34,35,39). The van der Waals surface area contributed by atoms with Crippen LogP contribution in [0.15, 0.2) is 65.8 Å². The van der Waals surface area contributed by atoms with Crippen LogP contribution in [0, 0.1) is 12.7 Å². The van der Waals surface area contributed by atoms with Gasteiger partial charge in [0, 0.05) is 16.5 Å². The molecular weight excluding hydrogens is 545 g/mol. The van der Waals surface area contributed by atoms with Crippen LogP contribution in [0.25, 0.3) is 5.69 Å². The summed E-state index contributed by atoms with van der Waals surface area (Å²) >= 11 is 7.87. The molecule has 9 heteroatoms. The molecular formula is C31H35ClFN5OS. The van der Waals surface area contributed by atoms with Crippen molar-refractivity contribution in [1.29, 1.82) is 0 Å². The van der Waals surface area contributed by atoms with E-state index >= 15 is 0 Å². The van der Waals surface area contributed by atoms with Crippen LogP contribution < -0.4 is 10.6 Å². The van der Waals surface area contributed by atoms with Gasteiger partial charge in [-0.2, -0.15) is 0 Å². The molecule has 6 nitrogen and oxygen atoms in total. The van der Waals surface area contributed by atoms with Gasteiger partial charge in [0.25, 0.3) is 0 Å². The van der Waals surface area contributed by atoms with Crippen molar-refractivity contribution in [1.82, 2.24) is 20.1 Å². The molecule has 0 fully saturated rings. The zero-order chi connectivity index (χ0) is 29.0. The van der Waals surface area contributed by atoms with Crippen molar-refractivity contribution < 1.29 is 9.18 Å². The van der Waals surface area contributed by atoms with Gasteiger partial charge in [0.05, 0.1) is 11.7 Å². The number of nitrogens with one attached hydrogen (secondary N) is 2. The Morgan fingerprint density at radius 2 is 1.62 bits per heavy atom. The lowest BCUT2D eigenvalue weighted by molar-refractivity contribution is 0.248. The summed E-state index contributed by atoms with van der Waals surface area (Å²) in [6, 6.07) is 17.4. The molecule has 0 radical (unpaired) electrons. The summed E-state index contributed by atoms with van der Waals surface area (Å²) in [5.41, 5.74) is 5.80. The molecule has 3 aromatic carbocycles. The normalized spacial score (nSPS) is 12.2. The summed E-state index contributed by atoms with van der Waals surface area (Å²) in [4.78, 5) is 13.3. The maximum Gasteiger partial charge on any atom is 0.319 e. The summed E-state index contributed by atoms with van der Waals surface area (Å²) < 4.78 is 15.3. The Morgan fingerprint density at radius 3 is 2.25 bits per heavy atom. The molecule has 210 valence electrons. The van der Waals surface area contributed by atoms with Gasteiger partial charge in [0.1, 0.15) is 5.82 Å². The molecule has 0 saturated heterocycles. The molecule has 4 rings (SSSR count). The molecule has 2 amide bonds. The number of carbonyl (C=O) groups is 1. The second-order valence-corrected chi connectivity index (χ2v) is 11.8. The topological polar surface area (TPSA) is 71.8 Å². The lowest BCUT2D eigenvalue weighted by Crippen LogP contribution is -2.33. The fraction of sp³-hybridized carbons (Fsp3) is 0.323. The summed E-state index contributed by atoms with van der Waals surface area (Å²) in [6.07, 6.45) is 0. The van der Waals surface area contributed by atoms with Crippen molar-refractivity contribution in [2.75, 3.05) is 5.32 Å². The maximum atomic E-state index is 13.4. The van der Waals surface area contributed by atoms with Crippen molar-refractivity contribution in [3.63, 3.8) is 0 Å². The molecule has 0 spiro atoms. The largest absolute Gasteiger partial charge is 0.328 e. The number of aromatic nitrogens is 3. The van der Waals surface area contributed by atoms with Crippen molar-refractivity contribution >= 4 is 35.1 Å². The van der Waals surface area contributed by atoms with Gasteiger partial charge in [-0.15, -0.1) is 10.2 Å². The third-order valence-electron chi connectivity index (χ3n) is 6.70. The number of nitrogens with zero attached hydrogens (tertiary/aromatic N) is 3. The minimum absolute atomic E-state index is 0.251. The van der Waals surface area contributed by atoms with Crippen LogP contribution >= 0.6 is 23.4 Å². The highest BCUT2D eigenvalue weighted by Gasteiger charge is 2.23. The first-order valence-corrected chi connectivity index (χ1v) is 14.7. The number of thioether (sulfide) groups is 1. The number of benzene rings is 3. The van der Waals surface area contributed by atoms with Gasteiger partial charge in [-0.1, -0.05) is 87.5 Å². The number of aryl methyl sites for hydroxylation is 1. The number of para-hydroxylation sites is 1. The van der Waals surface area contributed by atoms with Crippen molar-refractivity contribution in [3.8, 4) is 5.69 Å². The molecule has 1 heterocycles. The minimum Gasteiger partial charge on any atom is -0.328 e. The summed E-state index contributed by atoms with van der Waals surface area (Å²) in [6.45, 7) is 12.3. The molecule has 0 bridgehead atoms.